The minimum Gasteiger partial charge on any atom is -0.374 e. The molecule has 0 N–H and O–H groups in total. The fourth-order valence-electron chi connectivity index (χ4n) is 0.953. The quantitative estimate of drug-likeness (QED) is 0.641. The number of nitrogens with zero attached hydrogens (tertiary/aromatic N) is 1. The summed E-state index contributed by atoms with van der Waals surface area (Å²) in [6.07, 6.45) is 6.95. The molecular formula is C11H13NO. The van der Waals surface area contributed by atoms with Gasteiger partial charge in [-0.2, -0.15) is 0 Å². The highest BCUT2D eigenvalue weighted by Gasteiger charge is 2.19. The van der Waals surface area contributed by atoms with Crippen molar-refractivity contribution in [2.45, 2.75) is 19.4 Å². The highest BCUT2D eigenvalue weighted by atomic mass is 16.5. The van der Waals surface area contributed by atoms with Gasteiger partial charge in [0, 0.05) is 18.9 Å². The lowest BCUT2D eigenvalue weighted by atomic mass is 10.00. The summed E-state index contributed by atoms with van der Waals surface area (Å²) in [5.41, 5.74) is 1.37. The van der Waals surface area contributed by atoms with E-state index in [1.807, 2.05) is 26.0 Å². The van der Waals surface area contributed by atoms with E-state index in [4.69, 9.17) is 11.2 Å². The number of ether oxygens (including phenoxy) is 1. The van der Waals surface area contributed by atoms with E-state index in [0.717, 1.165) is 5.56 Å². The maximum Gasteiger partial charge on any atom is 0.112 e. The molecule has 13 heavy (non-hydrogen) atoms. The third-order valence-electron chi connectivity index (χ3n) is 2.12. The van der Waals surface area contributed by atoms with Gasteiger partial charge in [-0.15, -0.1) is 6.42 Å². The van der Waals surface area contributed by atoms with E-state index >= 15 is 0 Å². The van der Waals surface area contributed by atoms with E-state index in [-0.39, 0.29) is 5.60 Å². The van der Waals surface area contributed by atoms with Gasteiger partial charge in [0.1, 0.15) is 5.69 Å². The molecule has 1 aromatic rings. The molecule has 0 amide bonds. The molecule has 0 aromatic carbocycles. The fourth-order valence-corrected chi connectivity index (χ4v) is 0.953. The topological polar surface area (TPSA) is 22.1 Å². The van der Waals surface area contributed by atoms with Gasteiger partial charge in [-0.25, -0.2) is 4.98 Å². The van der Waals surface area contributed by atoms with Crippen molar-refractivity contribution in [3.05, 3.63) is 29.6 Å². The summed E-state index contributed by atoms with van der Waals surface area (Å²) < 4.78 is 5.31. The summed E-state index contributed by atoms with van der Waals surface area (Å²) in [4.78, 5) is 4.10. The highest BCUT2D eigenvalue weighted by Crippen LogP contribution is 2.22. The van der Waals surface area contributed by atoms with Crippen LogP contribution in [0.4, 0.5) is 0 Å². The largest absolute Gasteiger partial charge is 0.374 e. The molecule has 0 fully saturated rings. The first-order chi connectivity index (χ1) is 6.10. The Balaban J connectivity index is 3.00. The van der Waals surface area contributed by atoms with Gasteiger partial charge in [-0.05, 0) is 19.9 Å². The Morgan fingerprint density at radius 2 is 2.15 bits per heavy atom. The van der Waals surface area contributed by atoms with E-state index in [1.165, 1.54) is 0 Å². The van der Waals surface area contributed by atoms with Crippen molar-refractivity contribution in [3.63, 3.8) is 0 Å². The van der Waals surface area contributed by atoms with E-state index in [0.29, 0.717) is 5.69 Å². The molecule has 0 unspecified atom stereocenters. The molecule has 0 aliphatic carbocycles. The van der Waals surface area contributed by atoms with Crippen molar-refractivity contribution in [1.82, 2.24) is 4.98 Å². The summed E-state index contributed by atoms with van der Waals surface area (Å²) in [5, 5.41) is 0. The first-order valence-electron chi connectivity index (χ1n) is 4.08. The van der Waals surface area contributed by atoms with E-state index in [2.05, 4.69) is 10.9 Å². The molecule has 0 bridgehead atoms. The van der Waals surface area contributed by atoms with Gasteiger partial charge < -0.3 is 4.74 Å². The number of pyridine rings is 1. The number of rotatable bonds is 2. The second kappa shape index (κ2) is 3.59. The molecule has 0 atom stereocenters. The highest BCUT2D eigenvalue weighted by molar-refractivity contribution is 5.28. The molecule has 2 heteroatoms. The minimum absolute atomic E-state index is 0.305. The second-order valence-electron chi connectivity index (χ2n) is 3.29. The number of terminal acetylenes is 1. The lowest BCUT2D eigenvalue weighted by Crippen LogP contribution is -2.19. The Hall–Kier alpha value is -1.33. The number of hydrogen-bond acceptors (Lipinski definition) is 2. The Labute approximate surface area is 79.0 Å². The van der Waals surface area contributed by atoms with Crippen molar-refractivity contribution < 1.29 is 4.74 Å². The van der Waals surface area contributed by atoms with Crippen LogP contribution in [0.1, 0.15) is 25.1 Å². The van der Waals surface area contributed by atoms with E-state index < -0.39 is 0 Å². The predicted molar refractivity (Wildman–Crippen MR) is 52.2 cm³/mol. The summed E-state index contributed by atoms with van der Waals surface area (Å²) in [5.74, 6) is 2.47. The normalized spacial score (nSPS) is 10.9. The van der Waals surface area contributed by atoms with Crippen LogP contribution in [-0.4, -0.2) is 12.1 Å². The average molecular weight is 175 g/mol. The first kappa shape index (κ1) is 9.76. The third kappa shape index (κ3) is 2.07. The van der Waals surface area contributed by atoms with Crippen molar-refractivity contribution >= 4 is 0 Å². The van der Waals surface area contributed by atoms with Gasteiger partial charge in [0.2, 0.25) is 0 Å². The van der Waals surface area contributed by atoms with Crippen LogP contribution in [0.2, 0.25) is 0 Å². The molecule has 68 valence electrons. The molecule has 0 saturated heterocycles. The Morgan fingerprint density at radius 1 is 1.46 bits per heavy atom. The van der Waals surface area contributed by atoms with Crippen LogP contribution in [0.15, 0.2) is 18.3 Å². The number of hydrogen-bond donors (Lipinski definition) is 0. The van der Waals surface area contributed by atoms with Crippen LogP contribution < -0.4 is 0 Å². The van der Waals surface area contributed by atoms with Gasteiger partial charge in [0.15, 0.2) is 0 Å². The third-order valence-corrected chi connectivity index (χ3v) is 2.12. The summed E-state index contributed by atoms with van der Waals surface area (Å²) in [7, 11) is 1.68. The Kier molecular flexibility index (Phi) is 2.69. The fraction of sp³-hybridized carbons (Fsp3) is 0.364. The molecule has 0 radical (unpaired) electrons. The molecular weight excluding hydrogens is 162 g/mol. The molecule has 0 spiro atoms. The van der Waals surface area contributed by atoms with Crippen molar-refractivity contribution in [2.24, 2.45) is 0 Å². The molecule has 1 rings (SSSR count). The number of aromatic nitrogens is 1. The average Bonchev–Trinajstić information content (AvgIpc) is 2.18. The van der Waals surface area contributed by atoms with Crippen molar-refractivity contribution in [2.75, 3.05) is 7.11 Å². The molecule has 0 aliphatic rings. The maximum absolute atomic E-state index is 5.31. The predicted octanol–water partition coefficient (Wildman–Crippen LogP) is 1.94. The maximum atomic E-state index is 5.31. The zero-order valence-corrected chi connectivity index (χ0v) is 8.16. The van der Waals surface area contributed by atoms with Crippen molar-refractivity contribution in [1.29, 1.82) is 0 Å². The zero-order valence-electron chi connectivity index (χ0n) is 8.16. The smallest absolute Gasteiger partial charge is 0.112 e. The van der Waals surface area contributed by atoms with E-state index in [9.17, 15) is 0 Å². The van der Waals surface area contributed by atoms with Gasteiger partial charge in [0.05, 0.1) is 5.60 Å². The van der Waals surface area contributed by atoms with E-state index in [1.54, 1.807) is 13.3 Å². The summed E-state index contributed by atoms with van der Waals surface area (Å²) in [6.45, 7) is 3.97. The molecule has 0 aliphatic heterocycles. The standard InChI is InChI=1S/C11H13NO/c1-5-10-7-6-9(8-12-10)11(2,3)13-4/h1,6-8H,2-4H3. The molecule has 2 nitrogen and oxygen atoms in total. The summed E-state index contributed by atoms with van der Waals surface area (Å²) >= 11 is 0. The van der Waals surface area contributed by atoms with Gasteiger partial charge in [-0.3, -0.25) is 0 Å². The van der Waals surface area contributed by atoms with Gasteiger partial charge in [-0.1, -0.05) is 12.0 Å². The van der Waals surface area contributed by atoms with Gasteiger partial charge in [0.25, 0.3) is 0 Å². The minimum atomic E-state index is -0.305. The van der Waals surface area contributed by atoms with Crippen LogP contribution in [0.3, 0.4) is 0 Å². The lowest BCUT2D eigenvalue weighted by molar-refractivity contribution is 0.0189. The Morgan fingerprint density at radius 3 is 2.54 bits per heavy atom. The van der Waals surface area contributed by atoms with Crippen LogP contribution >= 0.6 is 0 Å². The lowest BCUT2D eigenvalue weighted by Gasteiger charge is -2.22. The molecule has 0 saturated carbocycles. The summed E-state index contributed by atoms with van der Waals surface area (Å²) in [6, 6.07) is 3.75. The van der Waals surface area contributed by atoms with Crippen molar-refractivity contribution in [3.8, 4) is 12.3 Å². The monoisotopic (exact) mass is 175 g/mol. The van der Waals surface area contributed by atoms with Crippen LogP contribution in [0, 0.1) is 12.3 Å². The SMILES string of the molecule is C#Cc1ccc(C(C)(C)OC)cn1. The first-order valence-corrected chi connectivity index (χ1v) is 4.08. The second-order valence-corrected chi connectivity index (χ2v) is 3.29. The van der Waals surface area contributed by atoms with Crippen LogP contribution in [0.25, 0.3) is 0 Å². The Bertz CT molecular complexity index is 319. The van der Waals surface area contributed by atoms with Gasteiger partial charge >= 0.3 is 0 Å². The van der Waals surface area contributed by atoms with Crippen LogP contribution in [0.5, 0.6) is 0 Å². The molecule has 1 heterocycles. The zero-order chi connectivity index (χ0) is 9.90. The van der Waals surface area contributed by atoms with Crippen LogP contribution in [-0.2, 0) is 10.3 Å². The molecule has 1 aromatic heterocycles. The number of methoxy groups -OCH3 is 1.